The Bertz CT molecular complexity index is 1350. The molecule has 4 nitrogen and oxygen atoms in total. The first kappa shape index (κ1) is 21.9. The lowest BCUT2D eigenvalue weighted by Gasteiger charge is -2.15. The number of benzene rings is 2. The van der Waals surface area contributed by atoms with E-state index in [1.54, 1.807) is 26.8 Å². The van der Waals surface area contributed by atoms with Gasteiger partial charge in [-0.1, -0.05) is 67.0 Å². The van der Waals surface area contributed by atoms with Gasteiger partial charge in [-0.15, -0.1) is 11.3 Å². The van der Waals surface area contributed by atoms with Gasteiger partial charge >= 0.3 is 0 Å². The van der Waals surface area contributed by atoms with E-state index in [4.69, 9.17) is 0 Å². The van der Waals surface area contributed by atoms with Gasteiger partial charge in [0.1, 0.15) is 16.3 Å². The van der Waals surface area contributed by atoms with Crippen molar-refractivity contribution in [3.8, 4) is 11.8 Å². The second-order valence-corrected chi connectivity index (χ2v) is 9.91. The molecule has 0 saturated carbocycles. The zero-order chi connectivity index (χ0) is 22.1. The van der Waals surface area contributed by atoms with E-state index in [-0.39, 0.29) is 16.9 Å². The number of carbonyl (C=O) groups excluding carboxylic acids is 1. The highest BCUT2D eigenvalue weighted by atomic mass is 79.9. The van der Waals surface area contributed by atoms with Gasteiger partial charge in [-0.05, 0) is 42.3 Å². The number of hydrogen-bond acceptors (Lipinski definition) is 4. The summed E-state index contributed by atoms with van der Waals surface area (Å²) in [6.07, 6.45) is 1.78. The Kier molecular flexibility index (Phi) is 6.25. The quantitative estimate of drug-likeness (QED) is 0.566. The predicted octanol–water partition coefficient (Wildman–Crippen LogP) is 4.09. The molecule has 3 aromatic rings. The summed E-state index contributed by atoms with van der Waals surface area (Å²) in [7, 11) is 0. The van der Waals surface area contributed by atoms with Crippen molar-refractivity contribution in [1.82, 2.24) is 4.57 Å². The van der Waals surface area contributed by atoms with Crippen LogP contribution in [0.1, 0.15) is 31.9 Å². The molecule has 0 spiro atoms. The van der Waals surface area contributed by atoms with Gasteiger partial charge in [0.2, 0.25) is 0 Å². The molecule has 152 valence electrons. The number of nitriles is 1. The molecule has 0 aliphatic carbocycles. The lowest BCUT2D eigenvalue weighted by atomic mass is 9.87. The van der Waals surface area contributed by atoms with E-state index in [0.717, 1.165) is 15.6 Å². The number of carbonyl (C=O) groups is 1. The number of Topliss-reactive ketones (excluding diaryl/α,β-unsaturated/α-hetero) is 1. The highest BCUT2D eigenvalue weighted by Crippen LogP contribution is 2.20. The molecule has 0 bridgehead atoms. The van der Waals surface area contributed by atoms with Crippen LogP contribution in [0.5, 0.6) is 0 Å². The van der Waals surface area contributed by atoms with E-state index in [0.29, 0.717) is 14.9 Å². The highest BCUT2D eigenvalue weighted by molar-refractivity contribution is 9.10. The zero-order valence-electron chi connectivity index (χ0n) is 17.2. The van der Waals surface area contributed by atoms with Gasteiger partial charge in [-0.3, -0.25) is 14.2 Å². The molecule has 0 unspecified atom stereocenters. The van der Waals surface area contributed by atoms with E-state index < -0.39 is 5.41 Å². The molecular formula is C24H21BrN2O2S. The van der Waals surface area contributed by atoms with Crippen molar-refractivity contribution in [2.24, 2.45) is 5.41 Å². The van der Waals surface area contributed by atoms with Crippen LogP contribution in [0.3, 0.4) is 0 Å². The Morgan fingerprint density at radius 1 is 1.17 bits per heavy atom. The second kappa shape index (κ2) is 8.55. The number of aromatic nitrogens is 1. The minimum absolute atomic E-state index is 0.00162. The summed E-state index contributed by atoms with van der Waals surface area (Å²) in [5, 5.41) is 9.85. The number of rotatable bonds is 3. The van der Waals surface area contributed by atoms with Crippen LogP contribution in [-0.4, -0.2) is 10.4 Å². The summed E-state index contributed by atoms with van der Waals surface area (Å²) in [6.45, 7) is 7.21. The molecule has 6 heteroatoms. The number of hydrogen-bond donors (Lipinski definition) is 0. The monoisotopic (exact) mass is 480 g/mol. The third-order valence-electron chi connectivity index (χ3n) is 4.56. The average molecular weight is 481 g/mol. The summed E-state index contributed by atoms with van der Waals surface area (Å²) >= 11 is 4.61. The van der Waals surface area contributed by atoms with Crippen molar-refractivity contribution in [1.29, 1.82) is 5.26 Å². The SMILES string of the molecule is Cc1ccccc1-n1c(=O)/c(=C\c2cccc(Br)c2)s/c1=C(/C#N)C(=O)C(C)(C)C. The number of nitrogens with zero attached hydrogens (tertiary/aromatic N) is 2. The lowest BCUT2D eigenvalue weighted by Crippen LogP contribution is -2.33. The Morgan fingerprint density at radius 2 is 1.87 bits per heavy atom. The van der Waals surface area contributed by atoms with E-state index in [1.807, 2.05) is 55.5 Å². The van der Waals surface area contributed by atoms with Gasteiger partial charge in [-0.25, -0.2) is 0 Å². The van der Waals surface area contributed by atoms with Crippen LogP contribution in [0.2, 0.25) is 0 Å². The first-order valence-electron chi connectivity index (χ1n) is 9.38. The minimum Gasteiger partial charge on any atom is -0.293 e. The van der Waals surface area contributed by atoms with E-state index in [9.17, 15) is 14.9 Å². The maximum absolute atomic E-state index is 13.4. The highest BCUT2D eigenvalue weighted by Gasteiger charge is 2.27. The van der Waals surface area contributed by atoms with Gasteiger partial charge in [0, 0.05) is 9.89 Å². The largest absolute Gasteiger partial charge is 0.293 e. The standard InChI is InChI=1S/C24H21BrN2O2S/c1-15-8-5-6-11-19(15)27-22(29)20(13-16-9-7-10-17(25)12-16)30-23(27)18(14-26)21(28)24(2,3)4/h5-13H,1-4H3/b20-13+,23-18-. The smallest absolute Gasteiger partial charge is 0.273 e. The molecule has 30 heavy (non-hydrogen) atoms. The van der Waals surface area contributed by atoms with Crippen molar-refractivity contribution < 1.29 is 4.79 Å². The van der Waals surface area contributed by atoms with Crippen molar-refractivity contribution in [3.05, 3.63) is 83.7 Å². The van der Waals surface area contributed by atoms with Crippen molar-refractivity contribution in [3.63, 3.8) is 0 Å². The number of ketones is 1. The molecule has 2 aromatic carbocycles. The maximum atomic E-state index is 13.4. The molecule has 0 aliphatic heterocycles. The predicted molar refractivity (Wildman–Crippen MR) is 125 cm³/mol. The topological polar surface area (TPSA) is 62.9 Å². The molecule has 1 aromatic heterocycles. The van der Waals surface area contributed by atoms with E-state index in [2.05, 4.69) is 22.0 Å². The van der Waals surface area contributed by atoms with Crippen molar-refractivity contribution in [2.45, 2.75) is 27.7 Å². The van der Waals surface area contributed by atoms with Gasteiger partial charge in [0.25, 0.3) is 5.56 Å². The molecule has 3 rings (SSSR count). The Hall–Kier alpha value is -2.75. The van der Waals surface area contributed by atoms with Gasteiger partial charge in [0.05, 0.1) is 10.2 Å². The number of para-hydroxylation sites is 1. The van der Waals surface area contributed by atoms with Crippen LogP contribution in [0.4, 0.5) is 0 Å². The molecule has 0 amide bonds. The summed E-state index contributed by atoms with van der Waals surface area (Å²) in [5.41, 5.74) is 1.41. The van der Waals surface area contributed by atoms with Crippen molar-refractivity contribution in [2.75, 3.05) is 0 Å². The molecule has 0 aliphatic rings. The molecule has 0 radical (unpaired) electrons. The zero-order valence-corrected chi connectivity index (χ0v) is 19.6. The average Bonchev–Trinajstić information content (AvgIpc) is 2.98. The molecule has 0 fully saturated rings. The normalized spacial score (nSPS) is 13.1. The third kappa shape index (κ3) is 4.38. The third-order valence-corrected chi connectivity index (χ3v) is 6.15. The fourth-order valence-corrected chi connectivity index (χ4v) is 4.51. The summed E-state index contributed by atoms with van der Waals surface area (Å²) in [4.78, 5) is 26.4. The van der Waals surface area contributed by atoms with Crippen LogP contribution in [-0.2, 0) is 4.79 Å². The van der Waals surface area contributed by atoms with Crippen LogP contribution >= 0.6 is 27.3 Å². The molecular weight excluding hydrogens is 460 g/mol. The molecule has 0 saturated heterocycles. The number of halogens is 1. The van der Waals surface area contributed by atoms with Gasteiger partial charge < -0.3 is 0 Å². The molecule has 0 atom stereocenters. The van der Waals surface area contributed by atoms with Gasteiger partial charge in [-0.2, -0.15) is 5.26 Å². The Labute approximate surface area is 187 Å². The molecule has 0 N–H and O–H groups in total. The molecule has 1 heterocycles. The van der Waals surface area contributed by atoms with E-state index in [1.165, 1.54) is 15.9 Å². The van der Waals surface area contributed by atoms with Crippen LogP contribution in [0.15, 0.2) is 57.8 Å². The number of aryl methyl sites for hydroxylation is 1. The first-order valence-corrected chi connectivity index (χ1v) is 11.0. The van der Waals surface area contributed by atoms with Crippen LogP contribution in [0.25, 0.3) is 17.3 Å². The van der Waals surface area contributed by atoms with Crippen LogP contribution in [0, 0.1) is 23.7 Å². The van der Waals surface area contributed by atoms with Crippen molar-refractivity contribution >= 4 is 44.7 Å². The van der Waals surface area contributed by atoms with Crippen LogP contribution < -0.4 is 14.8 Å². The maximum Gasteiger partial charge on any atom is 0.273 e. The fraction of sp³-hybridized carbons (Fsp3) is 0.208. The fourth-order valence-electron chi connectivity index (χ4n) is 3.00. The summed E-state index contributed by atoms with van der Waals surface area (Å²) in [5.74, 6) is -0.289. The van der Waals surface area contributed by atoms with E-state index >= 15 is 0 Å². The summed E-state index contributed by atoms with van der Waals surface area (Å²) in [6, 6.07) is 17.1. The lowest BCUT2D eigenvalue weighted by molar-refractivity contribution is -0.120. The first-order chi connectivity index (χ1) is 14.1. The summed E-state index contributed by atoms with van der Waals surface area (Å²) < 4.78 is 3.21. The van der Waals surface area contributed by atoms with Gasteiger partial charge in [0.15, 0.2) is 5.78 Å². The minimum atomic E-state index is -0.740. The Morgan fingerprint density at radius 3 is 2.47 bits per heavy atom. The number of thiazole rings is 1. The Balaban J connectivity index is 2.47. The second-order valence-electron chi connectivity index (χ2n) is 7.96.